The highest BCUT2D eigenvalue weighted by atomic mass is 16.6. The minimum atomic E-state index is -1.87. The first-order chi connectivity index (χ1) is 27.9. The van der Waals surface area contributed by atoms with Crippen LogP contribution in [0, 0.1) is 0 Å². The van der Waals surface area contributed by atoms with E-state index in [-0.39, 0.29) is 31.8 Å². The standard InChI is InChI=1S/C38H60N6O16/c1-10-15-39-30(50)40(32(52)41(31(39)51)17-14-28(48)60-37(8,11-2)24-25(4)45)16-13-27(47)57-21-18-42-33(53)43(19-22-58-29(49)36(6,7)56)35(55)44(34(42)54)20-23-59-38(9,12-3)26(5)46/h25,45,56H,10-24H2,1-9H3. The Balaban J connectivity index is 2.33. The SMILES string of the molecule is CCCn1c(=O)n(CCC(=O)OCCn2c(=O)n(CCOC(=O)C(C)(C)O)c(=O)n(CCOC(C)(CC)C(C)=O)c2=O)c(=O)n(CCC(=O)OC(C)(CC)CC(C)O)c1=O. The third-order valence-corrected chi connectivity index (χ3v) is 9.91. The first-order valence-electron chi connectivity index (χ1n) is 19.9. The summed E-state index contributed by atoms with van der Waals surface area (Å²) in [5.74, 6) is -3.05. The van der Waals surface area contributed by atoms with E-state index in [1.807, 2.05) is 0 Å². The van der Waals surface area contributed by atoms with Crippen LogP contribution in [0.3, 0.4) is 0 Å². The average molecular weight is 857 g/mol. The van der Waals surface area contributed by atoms with E-state index < -0.39 is 134 Å². The van der Waals surface area contributed by atoms with Crippen LogP contribution in [0.1, 0.15) is 101 Å². The lowest BCUT2D eigenvalue weighted by Gasteiger charge is -2.29. The van der Waals surface area contributed by atoms with E-state index in [1.54, 1.807) is 41.5 Å². The number of aliphatic hydroxyl groups is 2. The van der Waals surface area contributed by atoms with Crippen molar-refractivity contribution in [3.63, 3.8) is 0 Å². The molecule has 0 aliphatic rings. The van der Waals surface area contributed by atoms with Crippen LogP contribution in [0.4, 0.5) is 0 Å². The molecule has 2 aromatic heterocycles. The second-order valence-electron chi connectivity index (χ2n) is 15.3. The first kappa shape index (κ1) is 50.9. The van der Waals surface area contributed by atoms with Crippen LogP contribution < -0.4 is 34.1 Å². The summed E-state index contributed by atoms with van der Waals surface area (Å²) >= 11 is 0. The molecule has 0 aliphatic heterocycles. The van der Waals surface area contributed by atoms with Crippen LogP contribution in [0.2, 0.25) is 0 Å². The van der Waals surface area contributed by atoms with Gasteiger partial charge in [0.25, 0.3) is 0 Å². The van der Waals surface area contributed by atoms with Gasteiger partial charge in [-0.05, 0) is 60.8 Å². The van der Waals surface area contributed by atoms with E-state index in [0.29, 0.717) is 35.7 Å². The predicted octanol–water partition coefficient (Wildman–Crippen LogP) is -1.34. The Morgan fingerprint density at radius 2 is 1.00 bits per heavy atom. The minimum Gasteiger partial charge on any atom is -0.464 e. The van der Waals surface area contributed by atoms with Crippen molar-refractivity contribution in [1.29, 1.82) is 0 Å². The number of ketones is 1. The maximum absolute atomic E-state index is 13.5. The van der Waals surface area contributed by atoms with Gasteiger partial charge in [0, 0.05) is 26.1 Å². The van der Waals surface area contributed by atoms with Gasteiger partial charge in [-0.1, -0.05) is 20.8 Å². The maximum atomic E-state index is 13.5. The molecule has 3 unspecified atom stereocenters. The number of aromatic nitrogens is 6. The molecule has 0 aromatic carbocycles. The van der Waals surface area contributed by atoms with E-state index in [9.17, 15) is 58.2 Å². The van der Waals surface area contributed by atoms with Crippen LogP contribution in [0.15, 0.2) is 28.8 Å². The lowest BCUT2D eigenvalue weighted by Crippen LogP contribution is -2.56. The third-order valence-electron chi connectivity index (χ3n) is 9.91. The summed E-state index contributed by atoms with van der Waals surface area (Å²) in [6.07, 6.45) is -0.603. The van der Waals surface area contributed by atoms with Gasteiger partial charge in [0.15, 0.2) is 11.4 Å². The van der Waals surface area contributed by atoms with Gasteiger partial charge >= 0.3 is 52.0 Å². The van der Waals surface area contributed by atoms with Gasteiger partial charge in [0.05, 0.1) is 45.2 Å². The van der Waals surface area contributed by atoms with Crippen LogP contribution in [-0.2, 0) is 77.4 Å². The molecule has 3 atom stereocenters. The second kappa shape index (κ2) is 21.9. The summed E-state index contributed by atoms with van der Waals surface area (Å²) in [4.78, 5) is 130. The first-order valence-corrected chi connectivity index (χ1v) is 19.9. The van der Waals surface area contributed by atoms with Crippen molar-refractivity contribution in [2.75, 3.05) is 19.8 Å². The summed E-state index contributed by atoms with van der Waals surface area (Å²) in [5, 5.41) is 19.7. The van der Waals surface area contributed by atoms with Crippen molar-refractivity contribution in [2.24, 2.45) is 0 Å². The van der Waals surface area contributed by atoms with Gasteiger partial charge in [0.1, 0.15) is 24.4 Å². The molecule has 0 spiro atoms. The summed E-state index contributed by atoms with van der Waals surface area (Å²) in [5.41, 5.74) is -10.5. The summed E-state index contributed by atoms with van der Waals surface area (Å²) in [7, 11) is 0. The molecule has 338 valence electrons. The van der Waals surface area contributed by atoms with Crippen molar-refractivity contribution in [1.82, 2.24) is 27.4 Å². The summed E-state index contributed by atoms with van der Waals surface area (Å²) in [6, 6.07) is 0. The van der Waals surface area contributed by atoms with Crippen LogP contribution in [0.5, 0.6) is 0 Å². The van der Waals surface area contributed by atoms with Gasteiger partial charge in [-0.25, -0.2) is 61.0 Å². The lowest BCUT2D eigenvalue weighted by atomic mass is 9.96. The maximum Gasteiger partial charge on any atom is 0.337 e. The van der Waals surface area contributed by atoms with Gasteiger partial charge in [-0.2, -0.15) is 0 Å². The van der Waals surface area contributed by atoms with Crippen molar-refractivity contribution in [3.05, 3.63) is 62.9 Å². The molecule has 2 aromatic rings. The largest absolute Gasteiger partial charge is 0.464 e. The Bertz CT molecular complexity index is 2220. The Kier molecular flexibility index (Phi) is 18.6. The summed E-state index contributed by atoms with van der Waals surface area (Å²) in [6.45, 7) is 9.54. The number of nitrogens with zero attached hydrogens (tertiary/aromatic N) is 6. The van der Waals surface area contributed by atoms with Crippen LogP contribution in [-0.4, -0.2) is 104 Å². The molecule has 2 rings (SSSR count). The molecule has 22 nitrogen and oxygen atoms in total. The van der Waals surface area contributed by atoms with Crippen molar-refractivity contribution in [3.8, 4) is 0 Å². The Morgan fingerprint density at radius 1 is 0.600 bits per heavy atom. The highest BCUT2D eigenvalue weighted by Crippen LogP contribution is 2.22. The van der Waals surface area contributed by atoms with E-state index in [1.165, 1.54) is 20.8 Å². The van der Waals surface area contributed by atoms with Crippen LogP contribution in [0.25, 0.3) is 0 Å². The fourth-order valence-corrected chi connectivity index (χ4v) is 5.90. The number of Topliss-reactive ketones (excluding diaryl/α,β-unsaturated/α-hetero) is 1. The monoisotopic (exact) mass is 856 g/mol. The normalized spacial score (nSPS) is 14.2. The Hall–Kier alpha value is -5.22. The van der Waals surface area contributed by atoms with E-state index in [0.717, 1.165) is 4.57 Å². The Labute approximate surface area is 344 Å². The molecule has 60 heavy (non-hydrogen) atoms. The lowest BCUT2D eigenvalue weighted by molar-refractivity contribution is -0.162. The third kappa shape index (κ3) is 13.4. The zero-order valence-corrected chi connectivity index (χ0v) is 36.0. The number of hydrogen-bond donors (Lipinski definition) is 2. The fourth-order valence-electron chi connectivity index (χ4n) is 5.90. The number of carbonyl (C=O) groups is 4. The molecule has 0 aliphatic carbocycles. The van der Waals surface area contributed by atoms with E-state index >= 15 is 0 Å². The van der Waals surface area contributed by atoms with E-state index in [2.05, 4.69) is 0 Å². The van der Waals surface area contributed by atoms with Crippen LogP contribution >= 0.6 is 0 Å². The highest BCUT2D eigenvalue weighted by Gasteiger charge is 2.30. The van der Waals surface area contributed by atoms with Crippen molar-refractivity contribution in [2.45, 2.75) is 163 Å². The molecule has 0 saturated carbocycles. The smallest absolute Gasteiger partial charge is 0.337 e. The average Bonchev–Trinajstić information content (AvgIpc) is 3.16. The number of esters is 3. The molecular weight excluding hydrogens is 796 g/mol. The molecule has 0 bridgehead atoms. The van der Waals surface area contributed by atoms with Crippen molar-refractivity contribution < 1.29 is 48.3 Å². The summed E-state index contributed by atoms with van der Waals surface area (Å²) < 4.78 is 25.4. The molecule has 0 radical (unpaired) electrons. The quantitative estimate of drug-likeness (QED) is 0.0864. The van der Waals surface area contributed by atoms with Gasteiger partial charge in [0.2, 0.25) is 0 Å². The van der Waals surface area contributed by atoms with E-state index in [4.69, 9.17) is 18.9 Å². The predicted molar refractivity (Wildman–Crippen MR) is 213 cm³/mol. The number of aliphatic hydroxyl groups excluding tert-OH is 1. The topological polar surface area (TPSA) is 278 Å². The number of carbonyl (C=O) groups excluding carboxylic acids is 4. The molecule has 0 fully saturated rings. The number of hydrogen-bond acceptors (Lipinski definition) is 16. The van der Waals surface area contributed by atoms with Gasteiger partial charge in [-0.3, -0.25) is 14.4 Å². The highest BCUT2D eigenvalue weighted by molar-refractivity contribution is 5.84. The fraction of sp³-hybridized carbons (Fsp3) is 0.737. The van der Waals surface area contributed by atoms with Crippen molar-refractivity contribution >= 4 is 23.7 Å². The molecular formula is C38H60N6O16. The molecule has 0 saturated heterocycles. The molecule has 2 heterocycles. The number of ether oxygens (including phenoxy) is 4. The van der Waals surface area contributed by atoms with Gasteiger partial charge in [-0.15, -0.1) is 0 Å². The Morgan fingerprint density at radius 3 is 1.38 bits per heavy atom. The second-order valence-corrected chi connectivity index (χ2v) is 15.3. The molecule has 0 amide bonds. The number of rotatable bonds is 25. The zero-order chi connectivity index (χ0) is 45.7. The zero-order valence-electron chi connectivity index (χ0n) is 36.0. The van der Waals surface area contributed by atoms with Gasteiger partial charge < -0.3 is 29.2 Å². The molecule has 2 N–H and O–H groups in total. The molecule has 22 heteroatoms. The minimum absolute atomic E-state index is 0.0772.